The van der Waals surface area contributed by atoms with Crippen molar-refractivity contribution >= 4 is 33.6 Å². The third-order valence-corrected chi connectivity index (χ3v) is 6.60. The fourth-order valence-corrected chi connectivity index (χ4v) is 4.73. The number of rotatable bonds is 8. The highest BCUT2D eigenvalue weighted by Gasteiger charge is 2.23. The Balaban J connectivity index is 1.31. The van der Waals surface area contributed by atoms with Crippen LogP contribution in [0.4, 0.5) is 0 Å². The summed E-state index contributed by atoms with van der Waals surface area (Å²) in [5.41, 5.74) is 2.18. The summed E-state index contributed by atoms with van der Waals surface area (Å²) in [6.07, 6.45) is 8.63. The second-order valence-corrected chi connectivity index (χ2v) is 9.13. The summed E-state index contributed by atoms with van der Waals surface area (Å²) >= 11 is 5.08. The third kappa shape index (κ3) is 4.78. The normalized spacial score (nSPS) is 14.3. The van der Waals surface area contributed by atoms with Crippen LogP contribution in [0.2, 0.25) is 0 Å². The summed E-state index contributed by atoms with van der Waals surface area (Å²) < 4.78 is 3.33. The van der Waals surface area contributed by atoms with Gasteiger partial charge in [-0.3, -0.25) is 9.89 Å². The first-order valence-corrected chi connectivity index (χ1v) is 12.2. The summed E-state index contributed by atoms with van der Waals surface area (Å²) in [4.78, 5) is 12.5. The fourth-order valence-electron chi connectivity index (χ4n) is 3.90. The van der Waals surface area contributed by atoms with Crippen LogP contribution < -0.4 is 5.32 Å². The van der Waals surface area contributed by atoms with E-state index in [1.165, 1.54) is 25.7 Å². The predicted molar refractivity (Wildman–Crippen MR) is 122 cm³/mol. The van der Waals surface area contributed by atoms with Crippen molar-refractivity contribution in [1.29, 1.82) is 0 Å². The lowest BCUT2D eigenvalue weighted by Gasteiger charge is -2.16. The van der Waals surface area contributed by atoms with Crippen molar-refractivity contribution < 1.29 is 4.79 Å². The zero-order valence-electron chi connectivity index (χ0n) is 16.9. The molecule has 0 atom stereocenters. The molecular formula is C21H25BrN6OS. The number of H-pyrrole nitrogens is 1. The number of nitrogens with one attached hydrogen (secondary N) is 2. The first-order valence-electron chi connectivity index (χ1n) is 10.2. The average Bonchev–Trinajstić information content (AvgIpc) is 3.51. The maximum absolute atomic E-state index is 12.5. The Morgan fingerprint density at radius 3 is 2.77 bits per heavy atom. The molecular weight excluding hydrogens is 464 g/mol. The number of aryl methyl sites for hydroxylation is 1. The van der Waals surface area contributed by atoms with Crippen molar-refractivity contribution in [2.24, 2.45) is 0 Å². The van der Waals surface area contributed by atoms with Crippen molar-refractivity contribution in [3.8, 4) is 11.3 Å². The first kappa shape index (κ1) is 21.1. The maximum atomic E-state index is 12.5. The molecule has 0 spiro atoms. The number of hydrogen-bond acceptors (Lipinski definition) is 5. The number of nitrogens with zero attached hydrogens (tertiary/aromatic N) is 4. The van der Waals surface area contributed by atoms with Gasteiger partial charge < -0.3 is 9.88 Å². The van der Waals surface area contributed by atoms with Gasteiger partial charge in [0.15, 0.2) is 5.16 Å². The van der Waals surface area contributed by atoms with Crippen LogP contribution in [0.1, 0.15) is 54.5 Å². The minimum atomic E-state index is -0.145. The van der Waals surface area contributed by atoms with Crippen molar-refractivity contribution in [2.75, 3.05) is 12.8 Å². The third-order valence-electron chi connectivity index (χ3n) is 5.43. The standard InChI is InChI=1S/C21H25BrN6OS/c1-30-21-27-26-19(28(21)16-5-2-3-6-16)7-4-12-23-20(29)18-13-17(24-25-18)14-8-10-15(22)11-9-14/h8-11,13,16H,2-7,12H2,1H3,(H,23,29)(H,24,25). The van der Waals surface area contributed by atoms with Crippen LogP contribution in [0.15, 0.2) is 40.0 Å². The molecule has 0 bridgehead atoms. The predicted octanol–water partition coefficient (Wildman–Crippen LogP) is 4.63. The molecule has 2 N–H and O–H groups in total. The lowest BCUT2D eigenvalue weighted by molar-refractivity contribution is 0.0948. The number of aromatic nitrogens is 5. The molecule has 1 aliphatic carbocycles. The molecule has 0 radical (unpaired) electrons. The number of amides is 1. The summed E-state index contributed by atoms with van der Waals surface area (Å²) in [5, 5.41) is 19.8. The van der Waals surface area contributed by atoms with Gasteiger partial charge >= 0.3 is 0 Å². The zero-order valence-corrected chi connectivity index (χ0v) is 19.3. The van der Waals surface area contributed by atoms with Crippen molar-refractivity contribution in [2.45, 2.75) is 49.7 Å². The van der Waals surface area contributed by atoms with Gasteiger partial charge in [-0.25, -0.2) is 0 Å². The smallest absolute Gasteiger partial charge is 0.269 e. The van der Waals surface area contributed by atoms with Gasteiger partial charge in [0, 0.05) is 29.0 Å². The number of thioether (sulfide) groups is 1. The summed E-state index contributed by atoms with van der Waals surface area (Å²) in [5.74, 6) is 0.882. The van der Waals surface area contributed by atoms with Crippen LogP contribution in [-0.2, 0) is 6.42 Å². The number of carbonyl (C=O) groups excluding carboxylic acids is 1. The van der Waals surface area contributed by atoms with Gasteiger partial charge in [-0.2, -0.15) is 5.10 Å². The Hall–Kier alpha value is -2.13. The minimum absolute atomic E-state index is 0.145. The van der Waals surface area contributed by atoms with Crippen LogP contribution in [0.25, 0.3) is 11.3 Å². The number of hydrogen-bond donors (Lipinski definition) is 2. The van der Waals surface area contributed by atoms with E-state index < -0.39 is 0 Å². The number of halogens is 1. The Morgan fingerprint density at radius 1 is 1.27 bits per heavy atom. The highest BCUT2D eigenvalue weighted by Crippen LogP contribution is 2.33. The lowest BCUT2D eigenvalue weighted by atomic mass is 10.1. The molecule has 30 heavy (non-hydrogen) atoms. The van der Waals surface area contributed by atoms with Crippen LogP contribution >= 0.6 is 27.7 Å². The van der Waals surface area contributed by atoms with Crippen LogP contribution in [0, 0.1) is 0 Å². The Labute approximate surface area is 188 Å². The average molecular weight is 489 g/mol. The Morgan fingerprint density at radius 2 is 2.03 bits per heavy atom. The van der Waals surface area contributed by atoms with Gasteiger partial charge in [0.05, 0.1) is 5.69 Å². The van der Waals surface area contributed by atoms with Gasteiger partial charge in [0.1, 0.15) is 11.5 Å². The minimum Gasteiger partial charge on any atom is -0.351 e. The maximum Gasteiger partial charge on any atom is 0.269 e. The van der Waals surface area contributed by atoms with E-state index in [0.717, 1.165) is 39.6 Å². The molecule has 3 aromatic rings. The van der Waals surface area contributed by atoms with Gasteiger partial charge in [0.25, 0.3) is 5.91 Å². The molecule has 1 fully saturated rings. The van der Waals surface area contributed by atoms with E-state index >= 15 is 0 Å². The van der Waals surface area contributed by atoms with E-state index in [1.54, 1.807) is 17.8 Å². The Bertz CT molecular complexity index is 993. The second kappa shape index (κ2) is 9.78. The van der Waals surface area contributed by atoms with E-state index in [4.69, 9.17) is 0 Å². The summed E-state index contributed by atoms with van der Waals surface area (Å²) in [6.45, 7) is 0.581. The van der Waals surface area contributed by atoms with Crippen LogP contribution in [-0.4, -0.2) is 43.7 Å². The Kier molecular flexibility index (Phi) is 6.89. The van der Waals surface area contributed by atoms with E-state index in [-0.39, 0.29) is 5.91 Å². The summed E-state index contributed by atoms with van der Waals surface area (Å²) in [6, 6.07) is 10.1. The van der Waals surface area contributed by atoms with Crippen LogP contribution in [0.3, 0.4) is 0 Å². The van der Waals surface area contributed by atoms with Crippen LogP contribution in [0.5, 0.6) is 0 Å². The SMILES string of the molecule is CSc1nnc(CCCNC(=O)c2cc(-c3ccc(Br)cc3)n[nH]2)n1C1CCCC1. The van der Waals surface area contributed by atoms with Crippen molar-refractivity contribution in [1.82, 2.24) is 30.3 Å². The summed E-state index contributed by atoms with van der Waals surface area (Å²) in [7, 11) is 0. The second-order valence-electron chi connectivity index (χ2n) is 7.44. The molecule has 1 aromatic carbocycles. The van der Waals surface area contributed by atoms with Gasteiger partial charge in [0.2, 0.25) is 0 Å². The lowest BCUT2D eigenvalue weighted by Crippen LogP contribution is -2.25. The zero-order chi connectivity index (χ0) is 20.9. The van der Waals surface area contributed by atoms with Gasteiger partial charge in [-0.05, 0) is 43.7 Å². The molecule has 2 aromatic heterocycles. The molecule has 9 heteroatoms. The molecule has 4 rings (SSSR count). The van der Waals surface area contributed by atoms with E-state index in [2.05, 4.69) is 46.2 Å². The van der Waals surface area contributed by atoms with E-state index in [9.17, 15) is 4.79 Å². The largest absolute Gasteiger partial charge is 0.351 e. The highest BCUT2D eigenvalue weighted by atomic mass is 79.9. The quantitative estimate of drug-likeness (QED) is 0.356. The molecule has 1 amide bonds. The number of benzene rings is 1. The molecule has 1 saturated carbocycles. The molecule has 7 nitrogen and oxygen atoms in total. The molecule has 158 valence electrons. The number of aromatic amines is 1. The highest BCUT2D eigenvalue weighted by molar-refractivity contribution is 9.10. The first-order chi connectivity index (χ1) is 14.7. The van der Waals surface area contributed by atoms with E-state index in [0.29, 0.717) is 18.3 Å². The fraction of sp³-hybridized carbons (Fsp3) is 0.429. The molecule has 0 saturated heterocycles. The van der Waals surface area contributed by atoms with Gasteiger partial charge in [-0.1, -0.05) is 52.7 Å². The molecule has 0 unspecified atom stereocenters. The monoisotopic (exact) mass is 488 g/mol. The molecule has 2 heterocycles. The van der Waals surface area contributed by atoms with E-state index in [1.807, 2.05) is 30.5 Å². The topological polar surface area (TPSA) is 88.5 Å². The van der Waals surface area contributed by atoms with Crippen molar-refractivity contribution in [3.63, 3.8) is 0 Å². The number of carbonyl (C=O) groups is 1. The molecule has 0 aliphatic heterocycles. The van der Waals surface area contributed by atoms with Crippen molar-refractivity contribution in [3.05, 3.63) is 46.3 Å². The van der Waals surface area contributed by atoms with Gasteiger partial charge in [-0.15, -0.1) is 10.2 Å². The molecule has 1 aliphatic rings.